The monoisotopic (exact) mass is 332 g/mol. The van der Waals surface area contributed by atoms with Gasteiger partial charge in [0.1, 0.15) is 0 Å². The number of ether oxygens (including phenoxy) is 2. The van der Waals surface area contributed by atoms with Crippen molar-refractivity contribution >= 4 is 0 Å². The third-order valence-electron chi connectivity index (χ3n) is 4.04. The fourth-order valence-electron chi connectivity index (χ4n) is 2.64. The largest absolute Gasteiger partial charge is 0.389 e. The van der Waals surface area contributed by atoms with E-state index in [0.29, 0.717) is 12.2 Å². The number of aliphatic hydroxyl groups is 1. The van der Waals surface area contributed by atoms with Gasteiger partial charge in [0.15, 0.2) is 5.82 Å². The lowest BCUT2D eigenvalue weighted by Crippen LogP contribution is -2.29. The molecule has 130 valence electrons. The van der Waals surface area contributed by atoms with Crippen LogP contribution in [0.15, 0.2) is 24.3 Å². The Morgan fingerprint density at radius 1 is 1.29 bits per heavy atom. The first-order chi connectivity index (χ1) is 11.7. The fourth-order valence-corrected chi connectivity index (χ4v) is 2.64. The average molecular weight is 332 g/mol. The second-order valence-corrected chi connectivity index (χ2v) is 6.22. The summed E-state index contributed by atoms with van der Waals surface area (Å²) in [6.45, 7) is 4.08. The topological polar surface area (TPSA) is 82.3 Å². The Hall–Kier alpha value is -1.83. The summed E-state index contributed by atoms with van der Waals surface area (Å²) < 4.78 is 11.0. The maximum absolute atomic E-state index is 10.1. The minimum atomic E-state index is -0.644. The van der Waals surface area contributed by atoms with E-state index in [2.05, 4.69) is 46.6 Å². The van der Waals surface area contributed by atoms with Crippen LogP contribution in [0.2, 0.25) is 0 Å². The normalized spacial score (nSPS) is 17.1. The number of aromatic nitrogens is 4. The van der Waals surface area contributed by atoms with Gasteiger partial charge >= 0.3 is 0 Å². The Bertz CT molecular complexity index is 623. The molecule has 7 heteroatoms. The summed E-state index contributed by atoms with van der Waals surface area (Å²) in [4.78, 5) is 1.43. The molecular formula is C17H24N4O3. The first kappa shape index (κ1) is 17.0. The van der Waals surface area contributed by atoms with Gasteiger partial charge in [0.2, 0.25) is 0 Å². The molecule has 0 aliphatic carbocycles. The van der Waals surface area contributed by atoms with E-state index in [1.165, 1.54) is 10.4 Å². The summed E-state index contributed by atoms with van der Waals surface area (Å²) in [5.74, 6) is 0.649. The van der Waals surface area contributed by atoms with Gasteiger partial charge in [0, 0.05) is 19.6 Å². The highest BCUT2D eigenvalue weighted by Gasteiger charge is 2.17. The third kappa shape index (κ3) is 5.09. The van der Waals surface area contributed by atoms with Gasteiger partial charge in [-0.1, -0.05) is 29.8 Å². The first-order valence-corrected chi connectivity index (χ1v) is 8.38. The number of hydrogen-bond donors (Lipinski definition) is 1. The van der Waals surface area contributed by atoms with Crippen molar-refractivity contribution < 1.29 is 14.6 Å². The van der Waals surface area contributed by atoms with Crippen molar-refractivity contribution in [3.8, 4) is 0 Å². The molecule has 1 unspecified atom stereocenters. The molecule has 1 atom stereocenters. The molecule has 3 rings (SSSR count). The predicted molar refractivity (Wildman–Crippen MR) is 87.6 cm³/mol. The fraction of sp³-hybridized carbons (Fsp3) is 0.588. The summed E-state index contributed by atoms with van der Waals surface area (Å²) in [6.07, 6.45) is 1.93. The van der Waals surface area contributed by atoms with E-state index in [1.54, 1.807) is 0 Å². The van der Waals surface area contributed by atoms with Gasteiger partial charge in [0.25, 0.3) is 0 Å². The number of nitrogens with zero attached hydrogens (tertiary/aromatic N) is 4. The Labute approximate surface area is 141 Å². The molecule has 1 saturated heterocycles. The Balaban J connectivity index is 1.45. The lowest BCUT2D eigenvalue weighted by atomic mass is 10.1. The Morgan fingerprint density at radius 2 is 2.04 bits per heavy atom. The zero-order valence-corrected chi connectivity index (χ0v) is 14.0. The third-order valence-corrected chi connectivity index (χ3v) is 4.04. The predicted octanol–water partition coefficient (Wildman–Crippen LogP) is 1.13. The maximum atomic E-state index is 10.1. The molecular weight excluding hydrogens is 308 g/mol. The number of hydrogen-bond acceptors (Lipinski definition) is 6. The molecule has 1 aromatic carbocycles. The summed E-state index contributed by atoms with van der Waals surface area (Å²) >= 11 is 0. The van der Waals surface area contributed by atoms with E-state index >= 15 is 0 Å². The summed E-state index contributed by atoms with van der Waals surface area (Å²) in [5, 5.41) is 22.5. The van der Waals surface area contributed by atoms with Crippen LogP contribution < -0.4 is 0 Å². The molecule has 1 aliphatic rings. The van der Waals surface area contributed by atoms with E-state index in [-0.39, 0.29) is 19.3 Å². The molecule has 7 nitrogen and oxygen atoms in total. The molecule has 0 bridgehead atoms. The van der Waals surface area contributed by atoms with E-state index in [1.807, 2.05) is 0 Å². The van der Waals surface area contributed by atoms with Crippen LogP contribution in [0.5, 0.6) is 0 Å². The van der Waals surface area contributed by atoms with Crippen LogP contribution in [-0.2, 0) is 22.4 Å². The average Bonchev–Trinajstić information content (AvgIpc) is 3.03. The molecule has 2 heterocycles. The van der Waals surface area contributed by atoms with Crippen LogP contribution in [0.3, 0.4) is 0 Å². The smallest absolute Gasteiger partial charge is 0.179 e. The van der Waals surface area contributed by atoms with E-state index in [4.69, 9.17) is 9.47 Å². The lowest BCUT2D eigenvalue weighted by Gasteiger charge is -2.23. The second kappa shape index (κ2) is 8.32. The number of rotatable bonds is 7. The van der Waals surface area contributed by atoms with E-state index in [0.717, 1.165) is 31.6 Å². The van der Waals surface area contributed by atoms with Crippen molar-refractivity contribution in [2.24, 2.45) is 0 Å². The molecule has 1 fully saturated rings. The van der Waals surface area contributed by atoms with Crippen LogP contribution in [0.25, 0.3) is 0 Å². The van der Waals surface area contributed by atoms with Crippen LogP contribution in [0.1, 0.15) is 29.8 Å². The van der Waals surface area contributed by atoms with Gasteiger partial charge < -0.3 is 14.6 Å². The lowest BCUT2D eigenvalue weighted by molar-refractivity contribution is -0.0629. The molecule has 0 radical (unpaired) electrons. The van der Waals surface area contributed by atoms with Crippen LogP contribution in [-0.4, -0.2) is 57.3 Å². The molecule has 0 spiro atoms. The minimum absolute atomic E-state index is 0.175. The van der Waals surface area contributed by atoms with Crippen LogP contribution in [0.4, 0.5) is 0 Å². The van der Waals surface area contributed by atoms with Gasteiger partial charge in [-0.25, -0.2) is 0 Å². The summed E-state index contributed by atoms with van der Waals surface area (Å²) in [6, 6.07) is 8.26. The van der Waals surface area contributed by atoms with Crippen molar-refractivity contribution in [3.63, 3.8) is 0 Å². The minimum Gasteiger partial charge on any atom is -0.389 e. The number of benzene rings is 1. The number of aryl methyl sites for hydroxylation is 1. The van der Waals surface area contributed by atoms with E-state index < -0.39 is 6.10 Å². The zero-order valence-electron chi connectivity index (χ0n) is 14.0. The van der Waals surface area contributed by atoms with Crippen molar-refractivity contribution in [2.45, 2.75) is 44.9 Å². The van der Waals surface area contributed by atoms with Crippen molar-refractivity contribution in [3.05, 3.63) is 41.2 Å². The molecule has 0 saturated carbocycles. The van der Waals surface area contributed by atoms with Crippen LogP contribution in [0, 0.1) is 6.92 Å². The molecule has 1 aliphatic heterocycles. The zero-order chi connectivity index (χ0) is 16.8. The Morgan fingerprint density at radius 3 is 2.79 bits per heavy atom. The van der Waals surface area contributed by atoms with Crippen molar-refractivity contribution in [1.29, 1.82) is 0 Å². The van der Waals surface area contributed by atoms with Gasteiger partial charge in [-0.05, 0) is 30.5 Å². The van der Waals surface area contributed by atoms with E-state index in [9.17, 15) is 5.11 Å². The van der Waals surface area contributed by atoms with Gasteiger partial charge in [-0.3, -0.25) is 0 Å². The molecule has 2 aromatic rings. The SMILES string of the molecule is Cc1ccc(Cc2nnn(CC(O)COC3CCOCC3)n2)cc1. The second-order valence-electron chi connectivity index (χ2n) is 6.22. The summed E-state index contributed by atoms with van der Waals surface area (Å²) in [7, 11) is 0. The van der Waals surface area contributed by atoms with Gasteiger partial charge in [0.05, 0.1) is 25.4 Å². The highest BCUT2D eigenvalue weighted by atomic mass is 16.5. The standard InChI is InChI=1S/C17H24N4O3/c1-13-2-4-14(5-3-13)10-17-18-20-21(19-17)11-15(22)12-24-16-6-8-23-9-7-16/h2-5,15-16,22H,6-12H2,1H3. The molecule has 1 aromatic heterocycles. The van der Waals surface area contributed by atoms with Crippen molar-refractivity contribution in [2.75, 3.05) is 19.8 Å². The van der Waals surface area contributed by atoms with Gasteiger partial charge in [-0.2, -0.15) is 4.80 Å². The highest BCUT2D eigenvalue weighted by molar-refractivity contribution is 5.23. The molecule has 24 heavy (non-hydrogen) atoms. The molecule has 0 amide bonds. The number of tetrazole rings is 1. The maximum Gasteiger partial charge on any atom is 0.179 e. The summed E-state index contributed by atoms with van der Waals surface area (Å²) in [5.41, 5.74) is 2.37. The number of aliphatic hydroxyl groups excluding tert-OH is 1. The van der Waals surface area contributed by atoms with Crippen LogP contribution >= 0.6 is 0 Å². The van der Waals surface area contributed by atoms with Gasteiger partial charge in [-0.15, -0.1) is 10.2 Å². The highest BCUT2D eigenvalue weighted by Crippen LogP contribution is 2.11. The quantitative estimate of drug-likeness (QED) is 0.818. The Kier molecular flexibility index (Phi) is 5.90. The van der Waals surface area contributed by atoms with Crippen molar-refractivity contribution in [1.82, 2.24) is 20.2 Å². The first-order valence-electron chi connectivity index (χ1n) is 8.38. The molecule has 1 N–H and O–H groups in total.